The number of aromatic hydroxyl groups is 1. The monoisotopic (exact) mass is 448 g/mol. The molecule has 2 N–H and O–H groups in total. The molecule has 0 spiro atoms. The molecule has 0 radical (unpaired) electrons. The summed E-state index contributed by atoms with van der Waals surface area (Å²) in [5.74, 6) is -0.159. The molecule has 0 saturated heterocycles. The Morgan fingerprint density at radius 2 is 1.88 bits per heavy atom. The molecule has 4 aromatic rings. The fourth-order valence-corrected chi connectivity index (χ4v) is 4.93. The predicted octanol–water partition coefficient (Wildman–Crippen LogP) is 4.19. The molecule has 162 valence electrons. The lowest BCUT2D eigenvalue weighted by molar-refractivity contribution is 0.394. The van der Waals surface area contributed by atoms with Gasteiger partial charge < -0.3 is 5.11 Å². The second-order valence-electron chi connectivity index (χ2n) is 8.33. The predicted molar refractivity (Wildman–Crippen MR) is 121 cm³/mol. The highest BCUT2D eigenvalue weighted by Gasteiger charge is 2.41. The van der Waals surface area contributed by atoms with Crippen LogP contribution < -0.4 is 10.9 Å². The van der Waals surface area contributed by atoms with E-state index in [0.29, 0.717) is 17.3 Å². The van der Waals surface area contributed by atoms with Crippen molar-refractivity contribution in [2.75, 3.05) is 0 Å². The van der Waals surface area contributed by atoms with E-state index in [-0.39, 0.29) is 11.5 Å². The molecule has 2 aromatic heterocycles. The lowest BCUT2D eigenvalue weighted by Gasteiger charge is -2.19. The molecule has 2 aromatic carbocycles. The van der Waals surface area contributed by atoms with Gasteiger partial charge in [0.15, 0.2) is 0 Å². The first-order chi connectivity index (χ1) is 15.3. The lowest BCUT2D eigenvalue weighted by atomic mass is 10.1. The van der Waals surface area contributed by atoms with Crippen molar-refractivity contribution in [3.63, 3.8) is 0 Å². The van der Waals surface area contributed by atoms with E-state index in [9.17, 15) is 14.3 Å². The molecule has 0 amide bonds. The normalized spacial score (nSPS) is 16.8. The van der Waals surface area contributed by atoms with E-state index in [4.69, 9.17) is 4.98 Å². The van der Waals surface area contributed by atoms with Gasteiger partial charge in [0, 0.05) is 17.5 Å². The van der Waals surface area contributed by atoms with Crippen LogP contribution in [0, 0.1) is 5.82 Å². The van der Waals surface area contributed by atoms with Crippen molar-refractivity contribution in [3.8, 4) is 16.5 Å². The standard InChI is InChI=1S/C24H21FN4O2S/c1-24(2)23-27-18(21-26-13-17(32-21)12-14-8-10-16(25)11-9-14)19(30)22(31)29(23)20(28-24)15-6-4-3-5-7-15/h3-11,13,20,28,30H,12H2,1-2H3. The lowest BCUT2D eigenvalue weighted by Crippen LogP contribution is -2.33. The summed E-state index contributed by atoms with van der Waals surface area (Å²) in [5.41, 5.74) is 0.943. The average Bonchev–Trinajstić information content (AvgIpc) is 3.35. The van der Waals surface area contributed by atoms with Crippen molar-refractivity contribution in [2.24, 2.45) is 0 Å². The van der Waals surface area contributed by atoms with E-state index in [0.717, 1.165) is 16.0 Å². The van der Waals surface area contributed by atoms with Gasteiger partial charge >= 0.3 is 0 Å². The minimum Gasteiger partial charge on any atom is -0.501 e. The minimum atomic E-state index is -0.587. The van der Waals surface area contributed by atoms with Crippen LogP contribution in [0.3, 0.4) is 0 Å². The fraction of sp³-hybridized carbons (Fsp3) is 0.208. The molecule has 0 bridgehead atoms. The quantitative estimate of drug-likeness (QED) is 0.489. The zero-order chi connectivity index (χ0) is 22.5. The fourth-order valence-electron chi connectivity index (χ4n) is 3.99. The van der Waals surface area contributed by atoms with Gasteiger partial charge in [-0.1, -0.05) is 42.5 Å². The summed E-state index contributed by atoms with van der Waals surface area (Å²) in [4.78, 5) is 23.3. The van der Waals surface area contributed by atoms with Gasteiger partial charge in [-0.2, -0.15) is 0 Å². The maximum Gasteiger partial charge on any atom is 0.298 e. The first-order valence-corrected chi connectivity index (χ1v) is 11.0. The number of hydrogen-bond donors (Lipinski definition) is 2. The van der Waals surface area contributed by atoms with Gasteiger partial charge in [0.2, 0.25) is 5.75 Å². The number of halogens is 1. The first-order valence-electron chi connectivity index (χ1n) is 10.2. The Morgan fingerprint density at radius 1 is 1.16 bits per heavy atom. The molecule has 6 nitrogen and oxygen atoms in total. The maximum atomic E-state index is 13.2. The maximum absolute atomic E-state index is 13.2. The van der Waals surface area contributed by atoms with Crippen LogP contribution in [0.1, 0.15) is 41.8 Å². The minimum absolute atomic E-state index is 0.181. The molecule has 1 aliphatic rings. The Kier molecular flexibility index (Phi) is 4.91. The molecule has 8 heteroatoms. The summed E-state index contributed by atoms with van der Waals surface area (Å²) in [7, 11) is 0. The van der Waals surface area contributed by atoms with E-state index in [1.165, 1.54) is 28.0 Å². The van der Waals surface area contributed by atoms with Crippen molar-refractivity contribution >= 4 is 11.3 Å². The Hall–Kier alpha value is -3.36. The third kappa shape index (κ3) is 3.51. The number of benzene rings is 2. The summed E-state index contributed by atoms with van der Waals surface area (Å²) < 4.78 is 14.7. The van der Waals surface area contributed by atoms with Gasteiger partial charge in [-0.25, -0.2) is 14.4 Å². The van der Waals surface area contributed by atoms with Crippen molar-refractivity contribution in [2.45, 2.75) is 32.0 Å². The highest BCUT2D eigenvalue weighted by atomic mass is 32.1. The number of nitrogens with zero attached hydrogens (tertiary/aromatic N) is 3. The third-order valence-electron chi connectivity index (χ3n) is 5.57. The molecule has 0 aliphatic carbocycles. The molecule has 0 saturated carbocycles. The van der Waals surface area contributed by atoms with Gasteiger partial charge in [-0.15, -0.1) is 11.3 Å². The summed E-state index contributed by atoms with van der Waals surface area (Å²) in [5, 5.41) is 14.7. The summed E-state index contributed by atoms with van der Waals surface area (Å²) >= 11 is 1.35. The largest absolute Gasteiger partial charge is 0.501 e. The molecular formula is C24H21FN4O2S. The number of aromatic nitrogens is 3. The van der Waals surface area contributed by atoms with Crippen LogP contribution in [0.4, 0.5) is 4.39 Å². The Labute approximate surface area is 188 Å². The summed E-state index contributed by atoms with van der Waals surface area (Å²) in [6, 6.07) is 15.9. The Balaban J connectivity index is 1.55. The second kappa shape index (κ2) is 7.65. The van der Waals surface area contributed by atoms with Crippen molar-refractivity contribution in [1.29, 1.82) is 0 Å². The van der Waals surface area contributed by atoms with Crippen LogP contribution in [-0.2, 0) is 12.0 Å². The van der Waals surface area contributed by atoms with E-state index < -0.39 is 23.0 Å². The number of rotatable bonds is 4. The van der Waals surface area contributed by atoms with Crippen LogP contribution in [0.5, 0.6) is 5.75 Å². The third-order valence-corrected chi connectivity index (χ3v) is 6.57. The number of nitrogens with one attached hydrogen (secondary N) is 1. The first kappa shape index (κ1) is 20.5. The summed E-state index contributed by atoms with van der Waals surface area (Å²) in [6.07, 6.45) is 1.85. The van der Waals surface area contributed by atoms with Gasteiger partial charge in [0.25, 0.3) is 5.56 Å². The molecule has 3 heterocycles. The highest BCUT2D eigenvalue weighted by Crippen LogP contribution is 2.37. The molecule has 1 unspecified atom stereocenters. The molecule has 0 fully saturated rings. The molecular weight excluding hydrogens is 427 g/mol. The van der Waals surface area contributed by atoms with Crippen molar-refractivity contribution in [3.05, 3.63) is 98.8 Å². The van der Waals surface area contributed by atoms with Gasteiger partial charge in [0.05, 0.1) is 5.54 Å². The molecule has 1 aliphatic heterocycles. The Morgan fingerprint density at radius 3 is 2.59 bits per heavy atom. The summed E-state index contributed by atoms with van der Waals surface area (Å²) in [6.45, 7) is 3.91. The van der Waals surface area contributed by atoms with E-state index >= 15 is 0 Å². The van der Waals surface area contributed by atoms with Crippen LogP contribution in [0.2, 0.25) is 0 Å². The van der Waals surface area contributed by atoms with E-state index in [2.05, 4.69) is 10.3 Å². The van der Waals surface area contributed by atoms with Gasteiger partial charge in [0.1, 0.15) is 28.5 Å². The number of fused-ring (bicyclic) bond motifs is 1. The van der Waals surface area contributed by atoms with Gasteiger partial charge in [-0.3, -0.25) is 14.7 Å². The topological polar surface area (TPSA) is 80.0 Å². The Bertz CT molecular complexity index is 1350. The van der Waals surface area contributed by atoms with Crippen molar-refractivity contribution < 1.29 is 9.50 Å². The van der Waals surface area contributed by atoms with Crippen LogP contribution in [-0.4, -0.2) is 19.6 Å². The smallest absolute Gasteiger partial charge is 0.298 e. The second-order valence-corrected chi connectivity index (χ2v) is 9.44. The van der Waals surface area contributed by atoms with Crippen LogP contribution >= 0.6 is 11.3 Å². The van der Waals surface area contributed by atoms with Crippen LogP contribution in [0.15, 0.2) is 65.6 Å². The zero-order valence-corrected chi connectivity index (χ0v) is 18.4. The molecule has 32 heavy (non-hydrogen) atoms. The van der Waals surface area contributed by atoms with Crippen molar-refractivity contribution in [1.82, 2.24) is 19.9 Å². The number of hydrogen-bond acceptors (Lipinski definition) is 6. The zero-order valence-electron chi connectivity index (χ0n) is 17.5. The van der Waals surface area contributed by atoms with Crippen LogP contribution in [0.25, 0.3) is 10.7 Å². The number of thiazole rings is 1. The van der Waals surface area contributed by atoms with Gasteiger partial charge in [-0.05, 0) is 37.1 Å². The highest BCUT2D eigenvalue weighted by molar-refractivity contribution is 7.15. The van der Waals surface area contributed by atoms with E-state index in [1.807, 2.05) is 44.2 Å². The average molecular weight is 449 g/mol. The molecule has 5 rings (SSSR count). The van der Waals surface area contributed by atoms with E-state index in [1.54, 1.807) is 18.3 Å². The SMILES string of the molecule is CC1(C)NC(c2ccccc2)n2c1nc(-c1ncc(Cc3ccc(F)cc3)s1)c(O)c2=O. The molecule has 1 atom stereocenters.